The predicted molar refractivity (Wildman–Crippen MR) is 65.6 cm³/mol. The maximum atomic E-state index is 14.1. The number of ether oxygens (including phenoxy) is 2. The quantitative estimate of drug-likeness (QED) is 0.423. The number of rotatable bonds is 4. The van der Waals surface area contributed by atoms with E-state index in [0.717, 1.165) is 0 Å². The van der Waals surface area contributed by atoms with Crippen molar-refractivity contribution < 1.29 is 58.4 Å². The summed E-state index contributed by atoms with van der Waals surface area (Å²) >= 11 is 0. The van der Waals surface area contributed by atoms with Crippen LogP contribution in [0.2, 0.25) is 0 Å². The van der Waals surface area contributed by atoms with Gasteiger partial charge in [-0.05, 0) is 18.8 Å². The van der Waals surface area contributed by atoms with Crippen LogP contribution in [0.25, 0.3) is 0 Å². The molecular weight excluding hydrogens is 402 g/mol. The number of fused-ring (bicyclic) bond motifs is 1. The average Bonchev–Trinajstić information content (AvgIpc) is 3.06. The largest absolute Gasteiger partial charge is 0.468 e. The molecule has 14 heteroatoms. The van der Waals surface area contributed by atoms with E-state index in [2.05, 4.69) is 4.74 Å². The molecule has 3 rings (SSSR count). The zero-order valence-electron chi connectivity index (χ0n) is 12.4. The third-order valence-electron chi connectivity index (χ3n) is 5.06. The summed E-state index contributed by atoms with van der Waals surface area (Å²) in [5.41, 5.74) is 0. The Kier molecular flexibility index (Phi) is 3.87. The van der Waals surface area contributed by atoms with Crippen LogP contribution in [0.15, 0.2) is 0 Å². The maximum Gasteiger partial charge on any atom is 0.468 e. The lowest BCUT2D eigenvalue weighted by Gasteiger charge is -2.34. The lowest BCUT2D eigenvalue weighted by atomic mass is 9.82. The van der Waals surface area contributed by atoms with Gasteiger partial charge in [0, 0.05) is 5.92 Å². The molecule has 26 heavy (non-hydrogen) atoms. The number of carbonyl (C=O) groups excluding carboxylic acids is 2. The fraction of sp³-hybridized carbons (Fsp3) is 0.833. The van der Waals surface area contributed by atoms with Gasteiger partial charge in [-0.3, -0.25) is 14.1 Å². The lowest BCUT2D eigenvalue weighted by molar-refractivity contribution is -0.368. The first-order valence-electron chi connectivity index (χ1n) is 7.15. The first-order chi connectivity index (χ1) is 11.6. The van der Waals surface area contributed by atoms with E-state index in [0.29, 0.717) is 0 Å². The molecule has 0 aromatic rings. The molecule has 7 nitrogen and oxygen atoms in total. The van der Waals surface area contributed by atoms with Crippen molar-refractivity contribution in [2.75, 3.05) is 0 Å². The number of hydrogen-bond donors (Lipinski definition) is 1. The van der Waals surface area contributed by atoms with Gasteiger partial charge >= 0.3 is 39.3 Å². The Morgan fingerprint density at radius 3 is 2.23 bits per heavy atom. The molecule has 0 aromatic carbocycles. The molecule has 0 aromatic heterocycles. The van der Waals surface area contributed by atoms with Gasteiger partial charge in [-0.25, -0.2) is 0 Å². The van der Waals surface area contributed by atoms with Gasteiger partial charge in [0.15, 0.2) is 0 Å². The van der Waals surface area contributed by atoms with E-state index in [9.17, 15) is 44.3 Å². The summed E-state index contributed by atoms with van der Waals surface area (Å²) in [5, 5.41) is -6.51. The molecule has 3 fully saturated rings. The second kappa shape index (κ2) is 5.24. The van der Waals surface area contributed by atoms with E-state index in [4.69, 9.17) is 9.29 Å². The highest BCUT2D eigenvalue weighted by atomic mass is 32.2. The zero-order valence-corrected chi connectivity index (χ0v) is 13.2. The van der Waals surface area contributed by atoms with E-state index >= 15 is 0 Å². The van der Waals surface area contributed by atoms with Gasteiger partial charge in [-0.2, -0.15) is 34.8 Å². The molecule has 2 aliphatic carbocycles. The minimum absolute atomic E-state index is 0.0275. The Bertz CT molecular complexity index is 765. The molecule has 1 saturated heterocycles. The third-order valence-corrected chi connectivity index (χ3v) is 5.97. The maximum absolute atomic E-state index is 14.1. The van der Waals surface area contributed by atoms with Gasteiger partial charge < -0.3 is 9.47 Å². The van der Waals surface area contributed by atoms with Crippen molar-refractivity contribution in [2.24, 2.45) is 23.7 Å². The summed E-state index contributed by atoms with van der Waals surface area (Å²) in [6.07, 6.45) is -7.75. The second-order valence-corrected chi connectivity index (χ2v) is 7.90. The summed E-state index contributed by atoms with van der Waals surface area (Å²) in [6.45, 7) is 0. The van der Waals surface area contributed by atoms with Crippen LogP contribution in [0, 0.1) is 23.7 Å². The molecule has 1 N–H and O–H groups in total. The van der Waals surface area contributed by atoms with Crippen molar-refractivity contribution in [3.63, 3.8) is 0 Å². The van der Waals surface area contributed by atoms with Crippen molar-refractivity contribution >= 4 is 22.1 Å². The first-order valence-corrected chi connectivity index (χ1v) is 8.59. The summed E-state index contributed by atoms with van der Waals surface area (Å²) in [6, 6.07) is 0. The van der Waals surface area contributed by atoms with E-state index in [1.54, 1.807) is 0 Å². The minimum atomic E-state index is -6.93. The predicted octanol–water partition coefficient (Wildman–Crippen LogP) is 1.44. The van der Waals surface area contributed by atoms with Crippen molar-refractivity contribution in [1.82, 2.24) is 0 Å². The number of halogens is 6. The van der Waals surface area contributed by atoms with Gasteiger partial charge in [0.2, 0.25) is 0 Å². The molecule has 148 valence electrons. The van der Waals surface area contributed by atoms with Crippen LogP contribution in [0.1, 0.15) is 12.8 Å². The van der Waals surface area contributed by atoms with Gasteiger partial charge in [-0.1, -0.05) is 0 Å². The molecule has 0 spiro atoms. The molecule has 0 amide bonds. The van der Waals surface area contributed by atoms with Crippen molar-refractivity contribution in [3.8, 4) is 0 Å². The van der Waals surface area contributed by atoms with Crippen LogP contribution in [0.5, 0.6) is 0 Å². The lowest BCUT2D eigenvalue weighted by Crippen LogP contribution is -2.62. The number of esters is 2. The summed E-state index contributed by atoms with van der Waals surface area (Å²) in [5.74, 6) is -12.7. The Morgan fingerprint density at radius 2 is 1.73 bits per heavy atom. The SMILES string of the molecule is O=C1OC2C3CC(CC13)C2C(=O)OC(F)(C(F)(F)F)C(F)(F)S(=O)(=O)O. The summed E-state index contributed by atoms with van der Waals surface area (Å²) in [4.78, 5) is 23.5. The number of hydrogen-bond acceptors (Lipinski definition) is 6. The highest BCUT2D eigenvalue weighted by Crippen LogP contribution is 2.58. The van der Waals surface area contributed by atoms with E-state index in [-0.39, 0.29) is 12.8 Å². The monoisotopic (exact) mass is 412 g/mol. The van der Waals surface area contributed by atoms with Gasteiger partial charge in [-0.15, -0.1) is 0 Å². The molecule has 1 heterocycles. The van der Waals surface area contributed by atoms with Gasteiger partial charge in [0.1, 0.15) is 6.10 Å². The van der Waals surface area contributed by atoms with E-state index in [1.165, 1.54) is 0 Å². The molecule has 6 atom stereocenters. The van der Waals surface area contributed by atoms with Crippen LogP contribution >= 0.6 is 0 Å². The topological polar surface area (TPSA) is 107 Å². The fourth-order valence-electron chi connectivity index (χ4n) is 3.94. The Hall–Kier alpha value is -1.57. The normalized spacial score (nSPS) is 36.0. The van der Waals surface area contributed by atoms with Crippen molar-refractivity contribution in [3.05, 3.63) is 0 Å². The molecule has 6 unspecified atom stereocenters. The molecule has 1 aliphatic heterocycles. The highest BCUT2D eigenvalue weighted by molar-refractivity contribution is 7.87. The van der Waals surface area contributed by atoms with Crippen LogP contribution in [-0.2, 0) is 29.2 Å². The Morgan fingerprint density at radius 1 is 1.15 bits per heavy atom. The molecule has 2 saturated carbocycles. The zero-order chi connectivity index (χ0) is 19.9. The fourth-order valence-corrected chi connectivity index (χ4v) is 4.43. The Balaban J connectivity index is 1.92. The smallest absolute Gasteiger partial charge is 0.461 e. The van der Waals surface area contributed by atoms with Crippen LogP contribution in [0.3, 0.4) is 0 Å². The number of alkyl halides is 6. The summed E-state index contributed by atoms with van der Waals surface area (Å²) < 4.78 is 117. The van der Waals surface area contributed by atoms with E-state index < -0.39 is 69.1 Å². The van der Waals surface area contributed by atoms with Gasteiger partial charge in [0.05, 0.1) is 11.8 Å². The molecule has 0 radical (unpaired) electrons. The van der Waals surface area contributed by atoms with E-state index in [1.807, 2.05) is 0 Å². The molecular formula is C12H10F6O7S. The van der Waals surface area contributed by atoms with Crippen LogP contribution in [-0.4, -0.2) is 48.3 Å². The number of carbonyl (C=O) groups is 2. The van der Waals surface area contributed by atoms with Crippen LogP contribution in [0.4, 0.5) is 26.3 Å². The third kappa shape index (κ3) is 2.33. The van der Waals surface area contributed by atoms with Crippen LogP contribution < -0.4 is 0 Å². The Labute approximate surface area is 141 Å². The summed E-state index contributed by atoms with van der Waals surface area (Å²) in [7, 11) is -6.93. The van der Waals surface area contributed by atoms with Crippen molar-refractivity contribution in [2.45, 2.75) is 36.2 Å². The highest BCUT2D eigenvalue weighted by Gasteiger charge is 2.81. The average molecular weight is 412 g/mol. The molecule has 3 aliphatic rings. The second-order valence-electron chi connectivity index (χ2n) is 6.44. The first kappa shape index (κ1) is 19.2. The minimum Gasteiger partial charge on any atom is -0.461 e. The standard InChI is InChI=1S/C12H10F6O7S/c13-10(11(14,15)16,12(17,18)26(21,22)23)25-9(20)6-3-1-4-5(2-3)8(19)24-7(4)6/h3-7H,1-2H2,(H,21,22,23). The van der Waals surface area contributed by atoms with Crippen molar-refractivity contribution in [1.29, 1.82) is 0 Å². The molecule has 2 bridgehead atoms. The van der Waals surface area contributed by atoms with Gasteiger partial charge in [0.25, 0.3) is 0 Å².